The molecule has 14 heavy (non-hydrogen) atoms. The van der Waals surface area contributed by atoms with Gasteiger partial charge in [0.1, 0.15) is 11.6 Å². The van der Waals surface area contributed by atoms with Gasteiger partial charge in [0, 0.05) is 5.92 Å². The first-order valence-corrected chi connectivity index (χ1v) is 4.33. The van der Waals surface area contributed by atoms with Gasteiger partial charge in [-0.1, -0.05) is 6.92 Å². The largest absolute Gasteiger partial charge is 0.304 e. The third kappa shape index (κ3) is 2.27. The smallest absolute Gasteiger partial charge is 0.127 e. The molecule has 1 aromatic carbocycles. The van der Waals surface area contributed by atoms with Crippen LogP contribution in [0.4, 0.5) is 8.78 Å². The van der Waals surface area contributed by atoms with Crippen LogP contribution in [0.2, 0.25) is 0 Å². The summed E-state index contributed by atoms with van der Waals surface area (Å²) in [7, 11) is 0. The van der Waals surface area contributed by atoms with Crippen LogP contribution in [-0.2, 0) is 4.84 Å². The molecule has 0 saturated carbocycles. The van der Waals surface area contributed by atoms with Crippen molar-refractivity contribution in [3.05, 3.63) is 34.9 Å². The Labute approximate surface area is 81.6 Å². The second-order valence-corrected chi connectivity index (χ2v) is 3.36. The fourth-order valence-electron chi connectivity index (χ4n) is 1.27. The minimum absolute atomic E-state index is 0.166. The molecule has 0 aliphatic heterocycles. The zero-order valence-corrected chi connectivity index (χ0v) is 8.18. The number of nitrogens with two attached hydrogens (primary N) is 1. The summed E-state index contributed by atoms with van der Waals surface area (Å²) in [5, 5.41) is 0. The third-order valence-electron chi connectivity index (χ3n) is 2.16. The molecule has 0 aliphatic carbocycles. The van der Waals surface area contributed by atoms with E-state index in [0.717, 1.165) is 0 Å². The number of aryl methyl sites for hydroxylation is 1. The van der Waals surface area contributed by atoms with E-state index in [4.69, 9.17) is 5.90 Å². The molecule has 2 nitrogen and oxygen atoms in total. The van der Waals surface area contributed by atoms with Crippen molar-refractivity contribution >= 4 is 0 Å². The molecule has 1 unspecified atom stereocenters. The van der Waals surface area contributed by atoms with E-state index in [-0.39, 0.29) is 12.5 Å². The maximum Gasteiger partial charge on any atom is 0.127 e. The molecule has 4 heteroatoms. The molecule has 1 aromatic rings. The van der Waals surface area contributed by atoms with Crippen LogP contribution in [0, 0.1) is 18.6 Å². The molecule has 1 rings (SSSR count). The molecule has 0 bridgehead atoms. The van der Waals surface area contributed by atoms with Crippen molar-refractivity contribution in [3.63, 3.8) is 0 Å². The van der Waals surface area contributed by atoms with E-state index in [1.54, 1.807) is 6.92 Å². The summed E-state index contributed by atoms with van der Waals surface area (Å²) in [5.41, 5.74) is 0.589. The third-order valence-corrected chi connectivity index (χ3v) is 2.16. The van der Waals surface area contributed by atoms with Crippen molar-refractivity contribution in [2.24, 2.45) is 5.90 Å². The molecule has 1 atom stereocenters. The molecule has 0 saturated heterocycles. The van der Waals surface area contributed by atoms with Gasteiger partial charge in [0.05, 0.1) is 6.61 Å². The normalized spacial score (nSPS) is 12.9. The van der Waals surface area contributed by atoms with Gasteiger partial charge in [-0.2, -0.15) is 0 Å². The van der Waals surface area contributed by atoms with E-state index in [1.165, 1.54) is 19.1 Å². The number of rotatable bonds is 3. The number of benzene rings is 1. The molecule has 0 amide bonds. The van der Waals surface area contributed by atoms with Crippen LogP contribution in [0.15, 0.2) is 12.1 Å². The average Bonchev–Trinajstić information content (AvgIpc) is 2.11. The Hall–Kier alpha value is -1.00. The predicted octanol–water partition coefficient (Wildman–Crippen LogP) is 2.27. The molecule has 78 valence electrons. The van der Waals surface area contributed by atoms with E-state index in [0.29, 0.717) is 11.1 Å². The van der Waals surface area contributed by atoms with Crippen LogP contribution < -0.4 is 5.90 Å². The Balaban J connectivity index is 3.02. The summed E-state index contributed by atoms with van der Waals surface area (Å²) < 4.78 is 26.5. The van der Waals surface area contributed by atoms with E-state index in [1.807, 2.05) is 0 Å². The Morgan fingerprint density at radius 2 is 2.00 bits per heavy atom. The summed E-state index contributed by atoms with van der Waals surface area (Å²) in [5.74, 6) is 3.78. The van der Waals surface area contributed by atoms with Gasteiger partial charge in [0.25, 0.3) is 0 Å². The van der Waals surface area contributed by atoms with Crippen LogP contribution in [0.25, 0.3) is 0 Å². The highest BCUT2D eigenvalue weighted by Gasteiger charge is 2.13. The maximum absolute atomic E-state index is 13.3. The standard InChI is InChI=1S/C10H13F2NO/c1-6-3-10(12)8(4-9(6)11)7(2)5-14-13/h3-4,7H,5,13H2,1-2H3. The van der Waals surface area contributed by atoms with Gasteiger partial charge in [0.2, 0.25) is 0 Å². The van der Waals surface area contributed by atoms with Gasteiger partial charge in [-0.3, -0.25) is 0 Å². The topological polar surface area (TPSA) is 35.2 Å². The molecular weight excluding hydrogens is 188 g/mol. The summed E-state index contributed by atoms with van der Waals surface area (Å²) >= 11 is 0. The van der Waals surface area contributed by atoms with E-state index in [9.17, 15) is 8.78 Å². The van der Waals surface area contributed by atoms with Crippen molar-refractivity contribution < 1.29 is 13.6 Å². The van der Waals surface area contributed by atoms with Crippen LogP contribution in [0.3, 0.4) is 0 Å². The fourth-order valence-corrected chi connectivity index (χ4v) is 1.27. The monoisotopic (exact) mass is 201 g/mol. The first-order chi connectivity index (χ1) is 6.56. The summed E-state index contributed by atoms with van der Waals surface area (Å²) in [6.45, 7) is 3.41. The van der Waals surface area contributed by atoms with Crippen LogP contribution in [0.5, 0.6) is 0 Å². The van der Waals surface area contributed by atoms with Gasteiger partial charge < -0.3 is 4.84 Å². The van der Waals surface area contributed by atoms with Crippen molar-refractivity contribution in [1.29, 1.82) is 0 Å². The molecule has 0 aliphatic rings. The van der Waals surface area contributed by atoms with Gasteiger partial charge in [-0.05, 0) is 30.2 Å². The van der Waals surface area contributed by atoms with Crippen molar-refractivity contribution in [2.45, 2.75) is 19.8 Å². The summed E-state index contributed by atoms with van der Waals surface area (Å²) in [6.07, 6.45) is 0. The lowest BCUT2D eigenvalue weighted by atomic mass is 10.00. The minimum Gasteiger partial charge on any atom is -0.304 e. The van der Waals surface area contributed by atoms with E-state index >= 15 is 0 Å². The first-order valence-electron chi connectivity index (χ1n) is 4.33. The highest BCUT2D eigenvalue weighted by atomic mass is 19.1. The van der Waals surface area contributed by atoms with Crippen LogP contribution in [-0.4, -0.2) is 6.61 Å². The predicted molar refractivity (Wildman–Crippen MR) is 49.6 cm³/mol. The molecule has 2 N–H and O–H groups in total. The SMILES string of the molecule is Cc1cc(F)c(C(C)CON)cc1F. The van der Waals surface area contributed by atoms with E-state index in [2.05, 4.69) is 4.84 Å². The fraction of sp³-hybridized carbons (Fsp3) is 0.400. The molecule has 0 heterocycles. The number of halogens is 2. The second kappa shape index (κ2) is 4.48. The molecule has 0 aromatic heterocycles. The van der Waals surface area contributed by atoms with Crippen molar-refractivity contribution in [2.75, 3.05) is 6.61 Å². The zero-order chi connectivity index (χ0) is 10.7. The maximum atomic E-state index is 13.3. The Bertz CT molecular complexity index is 328. The van der Waals surface area contributed by atoms with Gasteiger partial charge in [0.15, 0.2) is 0 Å². The Morgan fingerprint density at radius 1 is 1.36 bits per heavy atom. The number of hydrogen-bond donors (Lipinski definition) is 1. The second-order valence-electron chi connectivity index (χ2n) is 3.36. The highest BCUT2D eigenvalue weighted by molar-refractivity contribution is 5.27. The summed E-state index contributed by atoms with van der Waals surface area (Å²) in [4.78, 5) is 4.39. The van der Waals surface area contributed by atoms with E-state index < -0.39 is 11.6 Å². The quantitative estimate of drug-likeness (QED) is 0.761. The lowest BCUT2D eigenvalue weighted by molar-refractivity contribution is 0.125. The lowest BCUT2D eigenvalue weighted by Gasteiger charge is -2.12. The lowest BCUT2D eigenvalue weighted by Crippen LogP contribution is -2.10. The molecule has 0 fully saturated rings. The van der Waals surface area contributed by atoms with Crippen molar-refractivity contribution in [1.82, 2.24) is 0 Å². The van der Waals surface area contributed by atoms with Crippen LogP contribution >= 0.6 is 0 Å². The number of hydrogen-bond acceptors (Lipinski definition) is 2. The minimum atomic E-state index is -0.423. The first kappa shape index (κ1) is 11.1. The zero-order valence-electron chi connectivity index (χ0n) is 8.18. The Morgan fingerprint density at radius 3 is 2.57 bits per heavy atom. The van der Waals surface area contributed by atoms with Crippen molar-refractivity contribution in [3.8, 4) is 0 Å². The van der Waals surface area contributed by atoms with Gasteiger partial charge in [-0.25, -0.2) is 14.7 Å². The molecular formula is C10H13F2NO. The summed E-state index contributed by atoms with van der Waals surface area (Å²) in [6, 6.07) is 2.37. The van der Waals surface area contributed by atoms with Gasteiger partial charge in [-0.15, -0.1) is 0 Å². The highest BCUT2D eigenvalue weighted by Crippen LogP contribution is 2.22. The van der Waals surface area contributed by atoms with Gasteiger partial charge >= 0.3 is 0 Å². The van der Waals surface area contributed by atoms with Crippen LogP contribution in [0.1, 0.15) is 24.0 Å². The molecule has 0 spiro atoms. The Kier molecular flexibility index (Phi) is 3.55. The molecule has 0 radical (unpaired) electrons. The average molecular weight is 201 g/mol.